The summed E-state index contributed by atoms with van der Waals surface area (Å²) in [4.78, 5) is 15.5. The van der Waals surface area contributed by atoms with Crippen LogP contribution < -0.4 is 17.0 Å². The molecule has 1 aromatic heterocycles. The minimum atomic E-state index is -0.638. The first kappa shape index (κ1) is 11.6. The van der Waals surface area contributed by atoms with Gasteiger partial charge in [0.05, 0.1) is 23.4 Å². The number of fused-ring (bicyclic) bond motifs is 1. The molecule has 1 unspecified atom stereocenters. The molecule has 2 aromatic rings. The van der Waals surface area contributed by atoms with Gasteiger partial charge in [-0.15, -0.1) is 0 Å². The van der Waals surface area contributed by atoms with E-state index in [1.54, 1.807) is 6.33 Å². The Labute approximate surface area is 98.6 Å². The Morgan fingerprint density at radius 3 is 3.06 bits per heavy atom. The largest absolute Gasteiger partial charge is 0.334 e. The molecule has 1 heterocycles. The number of nitrogens with two attached hydrogens (primary N) is 2. The molecular weight excluding hydrogens is 218 g/mol. The lowest BCUT2D eigenvalue weighted by Crippen LogP contribution is -2.45. The van der Waals surface area contributed by atoms with Gasteiger partial charge >= 0.3 is 0 Å². The number of carbonyl (C=O) groups excluding carboxylic acids is 1. The van der Waals surface area contributed by atoms with Crippen molar-refractivity contribution in [3.63, 3.8) is 0 Å². The number of aryl methyl sites for hydroxylation is 1. The molecular formula is C11H15N5O. The third kappa shape index (κ3) is 2.27. The highest BCUT2D eigenvalue weighted by Crippen LogP contribution is 2.14. The van der Waals surface area contributed by atoms with Crippen molar-refractivity contribution in [1.82, 2.24) is 15.0 Å². The highest BCUT2D eigenvalue weighted by molar-refractivity contribution is 5.81. The fraction of sp³-hybridized carbons (Fsp3) is 0.273. The second-order valence-electron chi connectivity index (χ2n) is 4.00. The number of imidazole rings is 1. The molecule has 17 heavy (non-hydrogen) atoms. The van der Waals surface area contributed by atoms with E-state index in [-0.39, 0.29) is 5.91 Å². The number of hydrazine groups is 1. The summed E-state index contributed by atoms with van der Waals surface area (Å²) in [6, 6.07) is 5.19. The zero-order valence-electron chi connectivity index (χ0n) is 9.55. The van der Waals surface area contributed by atoms with E-state index in [4.69, 9.17) is 11.6 Å². The average molecular weight is 233 g/mol. The van der Waals surface area contributed by atoms with E-state index in [1.807, 2.05) is 35.2 Å². The number of aromatic nitrogens is 2. The van der Waals surface area contributed by atoms with Gasteiger partial charge in [0.2, 0.25) is 0 Å². The Bertz CT molecular complexity index is 548. The molecule has 0 fully saturated rings. The van der Waals surface area contributed by atoms with Gasteiger partial charge in [0.15, 0.2) is 0 Å². The first-order valence-electron chi connectivity index (χ1n) is 5.28. The number of rotatable bonds is 3. The molecule has 0 aliphatic heterocycles. The third-order valence-electron chi connectivity index (χ3n) is 2.72. The van der Waals surface area contributed by atoms with Crippen molar-refractivity contribution < 1.29 is 4.79 Å². The molecule has 0 aliphatic rings. The summed E-state index contributed by atoms with van der Waals surface area (Å²) in [7, 11) is 1.93. The van der Waals surface area contributed by atoms with Crippen LogP contribution in [-0.2, 0) is 18.3 Å². The number of nitrogens with one attached hydrogen (secondary N) is 1. The molecule has 1 atom stereocenters. The Hall–Kier alpha value is -1.92. The van der Waals surface area contributed by atoms with Gasteiger partial charge in [0, 0.05) is 7.05 Å². The summed E-state index contributed by atoms with van der Waals surface area (Å²) < 4.78 is 1.94. The van der Waals surface area contributed by atoms with Crippen molar-refractivity contribution in [3.8, 4) is 0 Å². The van der Waals surface area contributed by atoms with E-state index < -0.39 is 6.04 Å². The lowest BCUT2D eigenvalue weighted by atomic mass is 10.1. The summed E-state index contributed by atoms with van der Waals surface area (Å²) in [5, 5.41) is 0. The highest BCUT2D eigenvalue weighted by atomic mass is 16.2. The first-order chi connectivity index (χ1) is 8.11. The first-order valence-corrected chi connectivity index (χ1v) is 5.28. The number of nitrogens with zero attached hydrogens (tertiary/aromatic N) is 2. The van der Waals surface area contributed by atoms with Crippen molar-refractivity contribution in [2.24, 2.45) is 18.6 Å². The van der Waals surface area contributed by atoms with Gasteiger partial charge in [-0.2, -0.15) is 0 Å². The molecule has 90 valence electrons. The van der Waals surface area contributed by atoms with E-state index in [2.05, 4.69) is 4.98 Å². The molecule has 5 N–H and O–H groups in total. The second kappa shape index (κ2) is 4.52. The molecule has 0 saturated heterocycles. The molecule has 0 radical (unpaired) electrons. The van der Waals surface area contributed by atoms with Crippen LogP contribution in [0, 0.1) is 0 Å². The van der Waals surface area contributed by atoms with Crippen molar-refractivity contribution in [2.45, 2.75) is 12.5 Å². The number of hydrogen-bond donors (Lipinski definition) is 3. The van der Waals surface area contributed by atoms with Gasteiger partial charge < -0.3 is 10.3 Å². The summed E-state index contributed by atoms with van der Waals surface area (Å²) in [5.41, 5.74) is 10.6. The molecule has 0 bridgehead atoms. The van der Waals surface area contributed by atoms with Crippen LogP contribution in [0.1, 0.15) is 5.56 Å². The van der Waals surface area contributed by atoms with Crippen LogP contribution in [0.5, 0.6) is 0 Å². The van der Waals surface area contributed by atoms with E-state index in [9.17, 15) is 4.79 Å². The Morgan fingerprint density at radius 1 is 1.59 bits per heavy atom. The summed E-state index contributed by atoms with van der Waals surface area (Å²) in [5.74, 6) is 4.66. The minimum absolute atomic E-state index is 0.369. The number of carbonyl (C=O) groups is 1. The second-order valence-corrected chi connectivity index (χ2v) is 4.00. The molecule has 0 aliphatic carbocycles. The zero-order chi connectivity index (χ0) is 12.4. The van der Waals surface area contributed by atoms with Gasteiger partial charge in [-0.25, -0.2) is 10.8 Å². The fourth-order valence-electron chi connectivity index (χ4n) is 1.76. The van der Waals surface area contributed by atoms with Gasteiger partial charge in [-0.05, 0) is 24.1 Å². The lowest BCUT2D eigenvalue weighted by Gasteiger charge is -2.09. The predicted octanol–water partition coefficient (Wildman–Crippen LogP) is -0.567. The molecule has 6 nitrogen and oxygen atoms in total. The average Bonchev–Trinajstić information content (AvgIpc) is 2.69. The van der Waals surface area contributed by atoms with Gasteiger partial charge in [0.1, 0.15) is 0 Å². The topological polar surface area (TPSA) is 99.0 Å². The molecule has 1 amide bonds. The van der Waals surface area contributed by atoms with E-state index in [0.29, 0.717) is 6.42 Å². The van der Waals surface area contributed by atoms with Crippen molar-refractivity contribution >= 4 is 16.9 Å². The number of hydrogen-bond acceptors (Lipinski definition) is 4. The van der Waals surface area contributed by atoms with E-state index >= 15 is 0 Å². The Kier molecular flexibility index (Phi) is 3.08. The van der Waals surface area contributed by atoms with Crippen LogP contribution in [0.15, 0.2) is 24.5 Å². The maximum atomic E-state index is 11.2. The van der Waals surface area contributed by atoms with Crippen LogP contribution in [0.3, 0.4) is 0 Å². The van der Waals surface area contributed by atoms with Gasteiger partial charge in [-0.3, -0.25) is 10.2 Å². The molecule has 1 aromatic carbocycles. The maximum absolute atomic E-state index is 11.2. The number of benzene rings is 1. The van der Waals surface area contributed by atoms with Crippen LogP contribution >= 0.6 is 0 Å². The summed E-state index contributed by atoms with van der Waals surface area (Å²) >= 11 is 0. The van der Waals surface area contributed by atoms with Crippen molar-refractivity contribution in [3.05, 3.63) is 30.1 Å². The van der Waals surface area contributed by atoms with Crippen LogP contribution in [0.25, 0.3) is 11.0 Å². The molecule has 0 spiro atoms. The summed E-state index contributed by atoms with van der Waals surface area (Å²) in [6.45, 7) is 0. The van der Waals surface area contributed by atoms with Crippen LogP contribution in [0.2, 0.25) is 0 Å². The molecule has 2 rings (SSSR count). The van der Waals surface area contributed by atoms with E-state index in [0.717, 1.165) is 16.6 Å². The highest BCUT2D eigenvalue weighted by Gasteiger charge is 2.13. The normalized spacial score (nSPS) is 12.6. The SMILES string of the molecule is Cn1cnc2cc(CC(N)C(=O)NN)ccc21. The van der Waals surface area contributed by atoms with Crippen molar-refractivity contribution in [2.75, 3.05) is 0 Å². The van der Waals surface area contributed by atoms with E-state index in [1.165, 1.54) is 0 Å². The maximum Gasteiger partial charge on any atom is 0.251 e. The molecule has 6 heteroatoms. The third-order valence-corrected chi connectivity index (χ3v) is 2.72. The zero-order valence-corrected chi connectivity index (χ0v) is 9.55. The Morgan fingerprint density at radius 2 is 2.35 bits per heavy atom. The van der Waals surface area contributed by atoms with Crippen molar-refractivity contribution in [1.29, 1.82) is 0 Å². The smallest absolute Gasteiger partial charge is 0.251 e. The van der Waals surface area contributed by atoms with Gasteiger partial charge in [0.25, 0.3) is 5.91 Å². The van der Waals surface area contributed by atoms with Crippen LogP contribution in [0.4, 0.5) is 0 Å². The monoisotopic (exact) mass is 233 g/mol. The Balaban J connectivity index is 2.22. The standard InChI is InChI=1S/C11H15N5O/c1-16-6-14-9-5-7(2-3-10(9)16)4-8(12)11(17)15-13/h2-3,5-6,8H,4,12-13H2,1H3,(H,15,17). The predicted molar refractivity (Wildman–Crippen MR) is 64.7 cm³/mol. The lowest BCUT2D eigenvalue weighted by molar-refractivity contribution is -0.122. The summed E-state index contributed by atoms with van der Waals surface area (Å²) in [6.07, 6.45) is 2.19. The number of amides is 1. The van der Waals surface area contributed by atoms with Crippen LogP contribution in [-0.4, -0.2) is 21.5 Å². The quantitative estimate of drug-likeness (QED) is 0.375. The van der Waals surface area contributed by atoms with Gasteiger partial charge in [-0.1, -0.05) is 6.07 Å². The minimum Gasteiger partial charge on any atom is -0.334 e. The fourth-order valence-corrected chi connectivity index (χ4v) is 1.76. The molecule has 0 saturated carbocycles.